The summed E-state index contributed by atoms with van der Waals surface area (Å²) in [5, 5.41) is 0.0693. The second kappa shape index (κ2) is 10.5. The molecular weight excluding hydrogens is 300 g/mol. The van der Waals surface area contributed by atoms with Crippen LogP contribution < -0.4 is 0 Å². The molecule has 0 spiro atoms. The molecule has 124 valence electrons. The minimum Gasteiger partial charge on any atom is -0.391 e. The van der Waals surface area contributed by atoms with Crippen LogP contribution in [0.1, 0.15) is 41.0 Å². The first-order chi connectivity index (χ1) is 10.1. The van der Waals surface area contributed by atoms with Crippen molar-refractivity contribution in [3.8, 4) is 0 Å². The maximum Gasteiger partial charge on any atom is 0.369 e. The van der Waals surface area contributed by atoms with E-state index in [-0.39, 0.29) is 5.16 Å². The molecule has 4 nitrogen and oxygen atoms in total. The molecule has 0 aromatic heterocycles. The van der Waals surface area contributed by atoms with Gasteiger partial charge in [-0.1, -0.05) is 6.92 Å². The van der Waals surface area contributed by atoms with Gasteiger partial charge in [-0.3, -0.25) is 0 Å². The van der Waals surface area contributed by atoms with Crippen molar-refractivity contribution in [1.29, 1.82) is 0 Å². The van der Waals surface area contributed by atoms with Gasteiger partial charge in [-0.15, -0.1) is 13.2 Å². The highest BCUT2D eigenvalue weighted by Crippen LogP contribution is 2.39. The molecule has 0 saturated carbocycles. The van der Waals surface area contributed by atoms with Gasteiger partial charge in [0.15, 0.2) is 0 Å². The summed E-state index contributed by atoms with van der Waals surface area (Å²) in [6.07, 6.45) is 0.858. The standard InChI is InChI=1S/C15H32O4Si2/c1-8-15(20(13-6,16-9-2)17-10-3)21(14-7,18-11-4)19-12-5/h13-15H,6-12H2,1-5H3. The number of hydrogen-bond donors (Lipinski definition) is 0. The average Bonchev–Trinajstić information content (AvgIpc) is 2.48. The maximum absolute atomic E-state index is 6.10. The molecule has 0 radical (unpaired) electrons. The van der Waals surface area contributed by atoms with Crippen molar-refractivity contribution in [2.75, 3.05) is 26.4 Å². The van der Waals surface area contributed by atoms with E-state index in [2.05, 4.69) is 20.1 Å². The second-order valence-corrected chi connectivity index (χ2v) is 11.4. The quantitative estimate of drug-likeness (QED) is 0.481. The van der Waals surface area contributed by atoms with Gasteiger partial charge >= 0.3 is 17.1 Å². The van der Waals surface area contributed by atoms with E-state index < -0.39 is 17.1 Å². The maximum atomic E-state index is 6.10. The molecule has 6 heteroatoms. The Balaban J connectivity index is 5.81. The zero-order valence-corrected chi connectivity index (χ0v) is 16.3. The molecular formula is C15H32O4Si2. The third-order valence-electron chi connectivity index (χ3n) is 3.43. The molecule has 0 fully saturated rings. The highest BCUT2D eigenvalue weighted by atomic mass is 28.4. The van der Waals surface area contributed by atoms with Gasteiger partial charge in [0.05, 0.1) is 5.16 Å². The van der Waals surface area contributed by atoms with Gasteiger partial charge < -0.3 is 17.7 Å². The summed E-state index contributed by atoms with van der Waals surface area (Å²) in [7, 11) is -5.25. The normalized spacial score (nSPS) is 12.7. The molecule has 0 amide bonds. The Morgan fingerprint density at radius 3 is 1.14 bits per heavy atom. The largest absolute Gasteiger partial charge is 0.391 e. The summed E-state index contributed by atoms with van der Waals surface area (Å²) in [6, 6.07) is 0. The van der Waals surface area contributed by atoms with Gasteiger partial charge in [0.25, 0.3) is 0 Å². The minimum atomic E-state index is -2.63. The first-order valence-corrected chi connectivity index (χ1v) is 11.8. The third kappa shape index (κ3) is 4.87. The van der Waals surface area contributed by atoms with E-state index in [1.807, 2.05) is 39.1 Å². The summed E-state index contributed by atoms with van der Waals surface area (Å²) in [4.78, 5) is 0. The lowest BCUT2D eigenvalue weighted by molar-refractivity contribution is 0.160. The lowest BCUT2D eigenvalue weighted by atomic mass is 10.6. The van der Waals surface area contributed by atoms with Crippen LogP contribution in [0, 0.1) is 0 Å². The van der Waals surface area contributed by atoms with E-state index in [9.17, 15) is 0 Å². The topological polar surface area (TPSA) is 36.9 Å². The Labute approximate surface area is 132 Å². The SMILES string of the molecule is C=C[Si](OCC)(OCC)C(CC)[Si](C=C)(OCC)OCC. The molecule has 0 saturated heterocycles. The molecule has 0 aliphatic heterocycles. The van der Waals surface area contributed by atoms with Gasteiger partial charge in [0, 0.05) is 26.4 Å². The average molecular weight is 333 g/mol. The van der Waals surface area contributed by atoms with Crippen molar-refractivity contribution in [3.63, 3.8) is 0 Å². The first kappa shape index (κ1) is 20.8. The molecule has 0 unspecified atom stereocenters. The van der Waals surface area contributed by atoms with Crippen LogP contribution in [0.25, 0.3) is 0 Å². The fraction of sp³-hybridized carbons (Fsp3) is 0.733. The van der Waals surface area contributed by atoms with Crippen molar-refractivity contribution < 1.29 is 17.7 Å². The monoisotopic (exact) mass is 332 g/mol. The predicted octanol–water partition coefficient (Wildman–Crippen LogP) is 3.79. The lowest BCUT2D eigenvalue weighted by Crippen LogP contribution is -2.59. The minimum absolute atomic E-state index is 0.0693. The molecule has 0 rings (SSSR count). The van der Waals surface area contributed by atoms with Gasteiger partial charge in [0.1, 0.15) is 0 Å². The summed E-state index contributed by atoms with van der Waals surface area (Å²) < 4.78 is 24.4. The van der Waals surface area contributed by atoms with Gasteiger partial charge in [-0.2, -0.15) is 0 Å². The Morgan fingerprint density at radius 1 is 0.714 bits per heavy atom. The molecule has 0 aliphatic rings. The molecule has 0 aromatic carbocycles. The second-order valence-electron chi connectivity index (χ2n) is 4.54. The molecule has 0 bridgehead atoms. The highest BCUT2D eigenvalue weighted by molar-refractivity contribution is 6.92. The molecule has 0 aromatic rings. The van der Waals surface area contributed by atoms with Crippen LogP contribution in [-0.2, 0) is 17.7 Å². The lowest BCUT2D eigenvalue weighted by Gasteiger charge is -2.42. The zero-order chi connectivity index (χ0) is 16.4. The van der Waals surface area contributed by atoms with Crippen molar-refractivity contribution in [2.45, 2.75) is 46.2 Å². The van der Waals surface area contributed by atoms with Crippen LogP contribution >= 0.6 is 0 Å². The predicted molar refractivity (Wildman–Crippen MR) is 92.4 cm³/mol. The third-order valence-corrected chi connectivity index (χ3v) is 12.7. The fourth-order valence-electron chi connectivity index (χ4n) is 2.76. The van der Waals surface area contributed by atoms with E-state index in [1.165, 1.54) is 0 Å². The molecule has 0 atom stereocenters. The summed E-state index contributed by atoms with van der Waals surface area (Å²) in [5.74, 6) is 0. The smallest absolute Gasteiger partial charge is 0.369 e. The summed E-state index contributed by atoms with van der Waals surface area (Å²) >= 11 is 0. The molecule has 21 heavy (non-hydrogen) atoms. The highest BCUT2D eigenvalue weighted by Gasteiger charge is 2.57. The summed E-state index contributed by atoms with van der Waals surface area (Å²) in [6.45, 7) is 20.4. The van der Waals surface area contributed by atoms with E-state index >= 15 is 0 Å². The summed E-state index contributed by atoms with van der Waals surface area (Å²) in [5.41, 5.74) is 3.74. The number of hydrogen-bond acceptors (Lipinski definition) is 4. The van der Waals surface area contributed by atoms with Crippen LogP contribution in [0.15, 0.2) is 24.6 Å². The van der Waals surface area contributed by atoms with E-state index in [0.29, 0.717) is 26.4 Å². The van der Waals surface area contributed by atoms with Crippen LogP contribution in [0.4, 0.5) is 0 Å². The molecule has 0 aliphatic carbocycles. The van der Waals surface area contributed by atoms with Crippen LogP contribution in [0.3, 0.4) is 0 Å². The van der Waals surface area contributed by atoms with E-state index in [0.717, 1.165) is 6.42 Å². The van der Waals surface area contributed by atoms with Crippen molar-refractivity contribution >= 4 is 17.1 Å². The zero-order valence-electron chi connectivity index (χ0n) is 14.3. The van der Waals surface area contributed by atoms with Crippen molar-refractivity contribution in [2.24, 2.45) is 0 Å². The fourth-order valence-corrected chi connectivity index (χ4v) is 11.7. The van der Waals surface area contributed by atoms with Gasteiger partial charge in [-0.25, -0.2) is 0 Å². The van der Waals surface area contributed by atoms with E-state index in [1.54, 1.807) is 0 Å². The number of rotatable bonds is 13. The Bertz CT molecular complexity index is 270. The Kier molecular flexibility index (Phi) is 10.4. The van der Waals surface area contributed by atoms with Gasteiger partial charge in [-0.05, 0) is 45.5 Å². The van der Waals surface area contributed by atoms with Crippen molar-refractivity contribution in [3.05, 3.63) is 24.6 Å². The van der Waals surface area contributed by atoms with Gasteiger partial charge in [0.2, 0.25) is 0 Å². The van der Waals surface area contributed by atoms with E-state index in [4.69, 9.17) is 17.7 Å². The van der Waals surface area contributed by atoms with Crippen LogP contribution in [0.2, 0.25) is 5.16 Å². The Hall–Kier alpha value is -0.246. The first-order valence-electron chi connectivity index (χ1n) is 7.89. The Morgan fingerprint density at radius 2 is 1.00 bits per heavy atom. The van der Waals surface area contributed by atoms with Crippen molar-refractivity contribution in [1.82, 2.24) is 0 Å². The molecule has 0 heterocycles. The van der Waals surface area contributed by atoms with Crippen LogP contribution in [0.5, 0.6) is 0 Å². The van der Waals surface area contributed by atoms with Crippen LogP contribution in [-0.4, -0.2) is 43.5 Å². The molecule has 0 N–H and O–H groups in total.